The number of carbonyl (C=O) groups is 1. The highest BCUT2D eigenvalue weighted by molar-refractivity contribution is 5.78. The molecule has 1 heterocycles. The molecule has 0 aromatic heterocycles. The van der Waals surface area contributed by atoms with Crippen molar-refractivity contribution in [1.82, 2.24) is 10.2 Å². The van der Waals surface area contributed by atoms with Gasteiger partial charge in [0.05, 0.1) is 12.5 Å². The lowest BCUT2D eigenvalue weighted by Crippen LogP contribution is -2.47. The van der Waals surface area contributed by atoms with E-state index in [-0.39, 0.29) is 30.8 Å². The van der Waals surface area contributed by atoms with Crippen LogP contribution in [-0.2, 0) is 4.79 Å². The van der Waals surface area contributed by atoms with Gasteiger partial charge in [0.2, 0.25) is 5.91 Å². The van der Waals surface area contributed by atoms with Crippen LogP contribution in [0.15, 0.2) is 0 Å². The minimum Gasteiger partial charge on any atom is -0.352 e. The van der Waals surface area contributed by atoms with Crippen molar-refractivity contribution >= 4 is 5.91 Å². The first-order valence-corrected chi connectivity index (χ1v) is 7.68. The Morgan fingerprint density at radius 3 is 2.19 bits per heavy atom. The Kier molecular flexibility index (Phi) is 5.48. The van der Waals surface area contributed by atoms with E-state index < -0.39 is 12.1 Å². The summed E-state index contributed by atoms with van der Waals surface area (Å²) in [5.41, 5.74) is 5.81. The van der Waals surface area contributed by atoms with Crippen LogP contribution in [0.5, 0.6) is 0 Å². The monoisotopic (exact) mass is 307 g/mol. The Morgan fingerprint density at radius 1 is 1.10 bits per heavy atom. The maximum absolute atomic E-state index is 12.6. The minimum atomic E-state index is -4.10. The van der Waals surface area contributed by atoms with Crippen molar-refractivity contribution in [2.75, 3.05) is 19.6 Å². The Morgan fingerprint density at radius 2 is 1.67 bits per heavy atom. The molecule has 0 bridgehead atoms. The van der Waals surface area contributed by atoms with E-state index >= 15 is 0 Å². The number of carbonyl (C=O) groups excluding carboxylic acids is 1. The first-order chi connectivity index (χ1) is 9.84. The van der Waals surface area contributed by atoms with Gasteiger partial charge in [-0.25, -0.2) is 0 Å². The fraction of sp³-hybridized carbons (Fsp3) is 0.929. The molecule has 1 saturated carbocycles. The summed E-state index contributed by atoms with van der Waals surface area (Å²) < 4.78 is 37.7. The zero-order chi connectivity index (χ0) is 15.5. The van der Waals surface area contributed by atoms with Gasteiger partial charge in [-0.3, -0.25) is 9.69 Å². The number of likely N-dealkylation sites (tertiary alicyclic amines) is 1. The van der Waals surface area contributed by atoms with Crippen molar-refractivity contribution in [3.05, 3.63) is 0 Å². The van der Waals surface area contributed by atoms with E-state index in [1.807, 2.05) is 0 Å². The number of nitrogens with two attached hydrogens (primary N) is 1. The maximum atomic E-state index is 12.6. The van der Waals surface area contributed by atoms with Crippen LogP contribution in [-0.4, -0.2) is 48.7 Å². The number of halogens is 3. The number of hydrogen-bond donors (Lipinski definition) is 2. The lowest BCUT2D eigenvalue weighted by atomic mass is 9.85. The summed E-state index contributed by atoms with van der Waals surface area (Å²) >= 11 is 0. The molecule has 122 valence electrons. The molecule has 0 radical (unpaired) electrons. The molecular weight excluding hydrogens is 283 g/mol. The van der Waals surface area contributed by atoms with Crippen LogP contribution in [0, 0.1) is 5.92 Å². The Hall–Kier alpha value is -0.820. The van der Waals surface area contributed by atoms with Crippen LogP contribution < -0.4 is 11.1 Å². The van der Waals surface area contributed by atoms with Gasteiger partial charge in [-0.1, -0.05) is 0 Å². The van der Waals surface area contributed by atoms with Crippen molar-refractivity contribution < 1.29 is 18.0 Å². The van der Waals surface area contributed by atoms with Crippen molar-refractivity contribution in [3.8, 4) is 0 Å². The highest BCUT2D eigenvalue weighted by atomic mass is 19.4. The van der Waals surface area contributed by atoms with Crippen molar-refractivity contribution in [2.45, 2.75) is 56.8 Å². The van der Waals surface area contributed by atoms with E-state index in [1.165, 1.54) is 0 Å². The second-order valence-electron chi connectivity index (χ2n) is 6.27. The van der Waals surface area contributed by atoms with E-state index in [9.17, 15) is 18.0 Å². The normalized spacial score (nSPS) is 29.3. The maximum Gasteiger partial charge on any atom is 0.391 e. The molecular formula is C14H24F3N3O. The molecule has 1 aliphatic heterocycles. The second kappa shape index (κ2) is 6.96. The third-order valence-electron chi connectivity index (χ3n) is 4.55. The van der Waals surface area contributed by atoms with Gasteiger partial charge in [0.15, 0.2) is 0 Å². The van der Waals surface area contributed by atoms with Gasteiger partial charge in [-0.2, -0.15) is 13.2 Å². The topological polar surface area (TPSA) is 58.4 Å². The Labute approximate surface area is 123 Å². The summed E-state index contributed by atoms with van der Waals surface area (Å²) in [6, 6.07) is 0.116. The number of alkyl halides is 3. The van der Waals surface area contributed by atoms with Crippen LogP contribution in [0.4, 0.5) is 13.2 Å². The summed E-state index contributed by atoms with van der Waals surface area (Å²) in [7, 11) is 0. The van der Waals surface area contributed by atoms with Crippen LogP contribution in [0.1, 0.15) is 38.5 Å². The number of rotatable bonds is 3. The molecule has 21 heavy (non-hydrogen) atoms. The van der Waals surface area contributed by atoms with E-state index in [0.29, 0.717) is 19.4 Å². The van der Waals surface area contributed by atoms with Crippen LogP contribution in [0.25, 0.3) is 0 Å². The third kappa shape index (κ3) is 5.14. The van der Waals surface area contributed by atoms with Crippen molar-refractivity contribution in [3.63, 3.8) is 0 Å². The predicted octanol–water partition coefficient (Wildman–Crippen LogP) is 1.65. The second-order valence-corrected chi connectivity index (χ2v) is 6.27. The van der Waals surface area contributed by atoms with Crippen LogP contribution in [0.3, 0.4) is 0 Å². The van der Waals surface area contributed by atoms with Crippen LogP contribution in [0.2, 0.25) is 0 Å². The van der Waals surface area contributed by atoms with E-state index in [2.05, 4.69) is 10.2 Å². The van der Waals surface area contributed by atoms with E-state index in [1.54, 1.807) is 0 Å². The van der Waals surface area contributed by atoms with Gasteiger partial charge in [0.25, 0.3) is 0 Å². The van der Waals surface area contributed by atoms with Gasteiger partial charge >= 0.3 is 6.18 Å². The zero-order valence-electron chi connectivity index (χ0n) is 12.2. The largest absolute Gasteiger partial charge is 0.391 e. The highest BCUT2D eigenvalue weighted by Gasteiger charge is 2.41. The minimum absolute atomic E-state index is 0.0825. The highest BCUT2D eigenvalue weighted by Crippen LogP contribution is 2.37. The number of nitrogens with zero attached hydrogens (tertiary/aromatic N) is 1. The van der Waals surface area contributed by atoms with E-state index in [0.717, 1.165) is 25.9 Å². The summed E-state index contributed by atoms with van der Waals surface area (Å²) in [4.78, 5) is 14.0. The fourth-order valence-corrected chi connectivity index (χ4v) is 3.15. The molecule has 3 N–H and O–H groups in total. The molecule has 2 fully saturated rings. The van der Waals surface area contributed by atoms with Crippen LogP contribution >= 0.6 is 0 Å². The number of nitrogens with one attached hydrogen (secondary N) is 1. The van der Waals surface area contributed by atoms with Gasteiger partial charge in [0.1, 0.15) is 0 Å². The molecule has 7 heteroatoms. The molecule has 0 aromatic rings. The average molecular weight is 307 g/mol. The zero-order valence-corrected chi connectivity index (χ0v) is 12.2. The first-order valence-electron chi connectivity index (χ1n) is 7.68. The number of piperidine rings is 1. The molecule has 1 amide bonds. The third-order valence-corrected chi connectivity index (χ3v) is 4.55. The Bertz CT molecular complexity index is 346. The molecule has 2 rings (SSSR count). The van der Waals surface area contributed by atoms with E-state index in [4.69, 9.17) is 5.73 Å². The SMILES string of the molecule is NC1CCN(CC(=O)NC2CCC(C(F)(F)F)CC2)CC1. The molecule has 0 atom stereocenters. The summed E-state index contributed by atoms with van der Waals surface area (Å²) in [6.07, 6.45) is -1.24. The molecule has 4 nitrogen and oxygen atoms in total. The standard InChI is InChI=1S/C14H24F3N3O/c15-14(16,17)10-1-3-12(4-2-10)19-13(21)9-20-7-5-11(18)6-8-20/h10-12H,1-9,18H2,(H,19,21). The molecule has 1 saturated heterocycles. The lowest BCUT2D eigenvalue weighted by Gasteiger charge is -2.32. The summed E-state index contributed by atoms with van der Waals surface area (Å²) in [5, 5.41) is 2.87. The quantitative estimate of drug-likeness (QED) is 0.833. The number of amides is 1. The molecule has 0 unspecified atom stereocenters. The molecule has 1 aliphatic carbocycles. The molecule has 2 aliphatic rings. The van der Waals surface area contributed by atoms with Gasteiger partial charge in [-0.15, -0.1) is 0 Å². The summed E-state index contributed by atoms with van der Waals surface area (Å²) in [6.45, 7) is 1.96. The van der Waals surface area contributed by atoms with Crippen molar-refractivity contribution in [1.29, 1.82) is 0 Å². The fourth-order valence-electron chi connectivity index (χ4n) is 3.15. The number of hydrogen-bond acceptors (Lipinski definition) is 3. The summed E-state index contributed by atoms with van der Waals surface area (Å²) in [5.74, 6) is -1.28. The van der Waals surface area contributed by atoms with Crippen molar-refractivity contribution in [2.24, 2.45) is 11.7 Å². The average Bonchev–Trinajstić information content (AvgIpc) is 2.41. The van der Waals surface area contributed by atoms with Gasteiger partial charge in [-0.05, 0) is 38.5 Å². The van der Waals surface area contributed by atoms with Gasteiger partial charge in [0, 0.05) is 25.2 Å². The van der Waals surface area contributed by atoms with Gasteiger partial charge < -0.3 is 11.1 Å². The molecule has 0 aromatic carbocycles. The Balaban J connectivity index is 1.67. The lowest BCUT2D eigenvalue weighted by molar-refractivity contribution is -0.182. The smallest absolute Gasteiger partial charge is 0.352 e. The predicted molar refractivity (Wildman–Crippen MR) is 73.6 cm³/mol. The molecule has 0 spiro atoms. The first kappa shape index (κ1) is 16.5.